The summed E-state index contributed by atoms with van der Waals surface area (Å²) in [5, 5.41) is 1.84. The number of hydrogen-bond donors (Lipinski definition) is 0. The maximum atomic E-state index is 2.59. The Kier molecular flexibility index (Phi) is 4.67. The van der Waals surface area contributed by atoms with Crippen LogP contribution in [0.25, 0.3) is 11.1 Å². The van der Waals surface area contributed by atoms with Gasteiger partial charge < -0.3 is 24.8 Å². The third kappa shape index (κ3) is 2.20. The molecule has 0 amide bonds. The molecule has 0 bridgehead atoms. The van der Waals surface area contributed by atoms with Gasteiger partial charge in [0.05, 0.1) is 0 Å². The van der Waals surface area contributed by atoms with Crippen molar-refractivity contribution in [3.63, 3.8) is 0 Å². The second-order valence-electron chi connectivity index (χ2n) is 7.12. The first-order valence-corrected chi connectivity index (χ1v) is 13.7. The first-order valence-electron chi connectivity index (χ1n) is 8.01. The van der Waals surface area contributed by atoms with Gasteiger partial charge in [-0.15, -0.1) is 0 Å². The molecule has 2 aromatic rings. The zero-order chi connectivity index (χ0) is 14.9. The van der Waals surface area contributed by atoms with Crippen LogP contribution in [0.2, 0.25) is 15.8 Å². The number of fused-ring (bicyclic) bond motifs is 4. The second kappa shape index (κ2) is 6.09. The number of hydrogen-bond acceptors (Lipinski definition) is 0. The van der Waals surface area contributed by atoms with Crippen LogP contribution >= 0.6 is 0 Å². The minimum Gasteiger partial charge on any atom is -1.00 e. The summed E-state index contributed by atoms with van der Waals surface area (Å²) in [7, 11) is -1.12. The maximum Gasteiger partial charge on any atom is -1.00 e. The van der Waals surface area contributed by atoms with Crippen LogP contribution in [0.1, 0.15) is 14.8 Å². The van der Waals surface area contributed by atoms with Crippen LogP contribution in [-0.2, 0) is 23.2 Å². The summed E-state index contributed by atoms with van der Waals surface area (Å²) in [6, 6.07) is 18.3. The average molecular weight is 449 g/mol. The van der Waals surface area contributed by atoms with E-state index in [2.05, 4.69) is 79.9 Å². The molecular formula is C20H18Cl2SiZr. The van der Waals surface area contributed by atoms with E-state index in [9.17, 15) is 0 Å². The zero-order valence-electron chi connectivity index (χ0n) is 13.7. The van der Waals surface area contributed by atoms with Gasteiger partial charge in [-0.25, -0.2) is 0 Å². The normalized spacial score (nSPS) is 23.8. The van der Waals surface area contributed by atoms with Crippen LogP contribution < -0.4 is 24.8 Å². The Morgan fingerprint density at radius 3 is 1.92 bits per heavy atom. The molecule has 1 unspecified atom stereocenters. The summed E-state index contributed by atoms with van der Waals surface area (Å²) in [6.07, 6.45) is 7.37. The fraction of sp³-hybridized carbons (Fsp3) is 0.200. The van der Waals surface area contributed by atoms with Crippen molar-refractivity contribution in [2.45, 2.75) is 19.5 Å². The van der Waals surface area contributed by atoms with Gasteiger partial charge in [0.25, 0.3) is 0 Å². The molecule has 5 rings (SSSR count). The molecule has 120 valence electrons. The van der Waals surface area contributed by atoms with Crippen LogP contribution in [0.3, 0.4) is 0 Å². The standard InChI is InChI=1S/C13H9.C7H9Si.2ClH.Zr/c1-3-7-12-10(5-1)9-11-6-2-4-8-13(11)12;1-8(2)6-4-3-5-7(6)8;;;/h1-9H;3-5H,1-2H3;2*1H;/q;;;;+2/p-2. The van der Waals surface area contributed by atoms with Gasteiger partial charge in [0.2, 0.25) is 0 Å². The van der Waals surface area contributed by atoms with E-state index in [0.717, 1.165) is 3.63 Å². The third-order valence-electron chi connectivity index (χ3n) is 5.84. The smallest absolute Gasteiger partial charge is 1.00 e. The Hall–Kier alpha value is -0.400. The molecule has 2 aromatic carbocycles. The fourth-order valence-corrected chi connectivity index (χ4v) is 19.2. The van der Waals surface area contributed by atoms with E-state index in [1.807, 2.05) is 5.20 Å². The number of allylic oxidation sites excluding steroid dienone is 4. The zero-order valence-corrected chi connectivity index (χ0v) is 18.7. The molecule has 0 nitrogen and oxygen atoms in total. The molecule has 1 atom stereocenters. The van der Waals surface area contributed by atoms with Crippen molar-refractivity contribution in [1.82, 2.24) is 0 Å². The molecule has 4 heteroatoms. The number of rotatable bonds is 2. The molecule has 3 aliphatic rings. The van der Waals surface area contributed by atoms with Gasteiger partial charge in [-0.1, -0.05) is 0 Å². The molecule has 0 radical (unpaired) electrons. The molecule has 24 heavy (non-hydrogen) atoms. The van der Waals surface area contributed by atoms with Gasteiger partial charge in [0.1, 0.15) is 0 Å². The minimum atomic E-state index is -1.12. The second-order valence-corrected chi connectivity index (χ2v) is 17.0. The van der Waals surface area contributed by atoms with Crippen molar-refractivity contribution in [3.8, 4) is 11.1 Å². The van der Waals surface area contributed by atoms with Crippen molar-refractivity contribution >= 4 is 8.07 Å². The van der Waals surface area contributed by atoms with Gasteiger partial charge in [-0.2, -0.15) is 0 Å². The molecule has 1 fully saturated rings. The quantitative estimate of drug-likeness (QED) is 0.534. The van der Waals surface area contributed by atoms with Crippen molar-refractivity contribution in [2.75, 3.05) is 0 Å². The van der Waals surface area contributed by atoms with Gasteiger partial charge >= 0.3 is 145 Å². The Morgan fingerprint density at radius 1 is 0.875 bits per heavy atom. The van der Waals surface area contributed by atoms with E-state index < -0.39 is 31.3 Å². The Bertz CT molecular complexity index is 826. The monoisotopic (exact) mass is 446 g/mol. The van der Waals surface area contributed by atoms with Crippen LogP contribution in [-0.4, -0.2) is 8.07 Å². The van der Waals surface area contributed by atoms with Crippen LogP contribution in [0.5, 0.6) is 0 Å². The Labute approximate surface area is 168 Å². The summed E-state index contributed by atoms with van der Waals surface area (Å²) < 4.78 is 1.34. The van der Waals surface area contributed by atoms with E-state index in [1.54, 1.807) is 11.1 Å². The Balaban J connectivity index is 0.000000845. The van der Waals surface area contributed by atoms with E-state index in [0.29, 0.717) is 2.75 Å². The largest absolute Gasteiger partial charge is 1.00 e. The SMILES string of the molecule is C[Si]1(C)C2=CC=C[C]21[Zr+2][CH]1c2ccccc2-c2ccccc21.[Cl-].[Cl-]. The van der Waals surface area contributed by atoms with Crippen molar-refractivity contribution in [2.24, 2.45) is 0 Å². The van der Waals surface area contributed by atoms with E-state index in [4.69, 9.17) is 0 Å². The first-order chi connectivity index (χ1) is 10.7. The maximum absolute atomic E-state index is 2.59. The minimum absolute atomic E-state index is 0. The third-order valence-corrected chi connectivity index (χ3v) is 20.4. The van der Waals surface area contributed by atoms with Crippen molar-refractivity contribution in [1.29, 1.82) is 0 Å². The molecule has 2 aliphatic carbocycles. The summed E-state index contributed by atoms with van der Waals surface area (Å²) in [5.41, 5.74) is 6.21. The summed E-state index contributed by atoms with van der Waals surface area (Å²) in [6.45, 7) is 5.16. The predicted molar refractivity (Wildman–Crippen MR) is 91.1 cm³/mol. The first kappa shape index (κ1) is 18.4. The van der Waals surface area contributed by atoms with Crippen LogP contribution in [0.15, 0.2) is 72.0 Å². The van der Waals surface area contributed by atoms with E-state index in [-0.39, 0.29) is 24.8 Å². The van der Waals surface area contributed by atoms with E-state index in [1.165, 1.54) is 11.1 Å². The summed E-state index contributed by atoms with van der Waals surface area (Å²) >= 11 is -0.618. The fourth-order valence-electron chi connectivity index (χ4n) is 4.49. The number of benzene rings is 2. The van der Waals surface area contributed by atoms with Gasteiger partial charge in [0.15, 0.2) is 0 Å². The summed E-state index contributed by atoms with van der Waals surface area (Å²) in [4.78, 5) is 0. The molecular weight excluding hydrogens is 430 g/mol. The van der Waals surface area contributed by atoms with E-state index >= 15 is 0 Å². The number of halogens is 2. The molecule has 1 saturated heterocycles. The molecule has 0 saturated carbocycles. The van der Waals surface area contributed by atoms with Crippen LogP contribution in [0.4, 0.5) is 0 Å². The molecule has 1 heterocycles. The van der Waals surface area contributed by atoms with Gasteiger partial charge in [0, 0.05) is 0 Å². The average Bonchev–Trinajstić information content (AvgIpc) is 2.93. The summed E-state index contributed by atoms with van der Waals surface area (Å²) in [5.74, 6) is 0. The van der Waals surface area contributed by atoms with Gasteiger partial charge in [-0.3, -0.25) is 0 Å². The predicted octanol–water partition coefficient (Wildman–Crippen LogP) is -0.698. The van der Waals surface area contributed by atoms with Crippen LogP contribution in [0, 0.1) is 0 Å². The molecule has 1 aliphatic heterocycles. The van der Waals surface area contributed by atoms with Gasteiger partial charge in [-0.05, 0) is 0 Å². The molecule has 0 aromatic heterocycles. The molecule has 0 N–H and O–H groups in total. The molecule has 0 spiro atoms. The van der Waals surface area contributed by atoms with Crippen molar-refractivity contribution in [3.05, 3.63) is 83.1 Å². The van der Waals surface area contributed by atoms with Crippen molar-refractivity contribution < 1.29 is 48.0 Å². The Morgan fingerprint density at radius 2 is 1.42 bits per heavy atom. The topological polar surface area (TPSA) is 0 Å².